The highest BCUT2D eigenvalue weighted by Gasteiger charge is 2.34. The van der Waals surface area contributed by atoms with Crippen LogP contribution >= 0.6 is 34.8 Å². The van der Waals surface area contributed by atoms with E-state index in [0.29, 0.717) is 22.0 Å². The predicted octanol–water partition coefficient (Wildman–Crippen LogP) is 5.51. The van der Waals surface area contributed by atoms with Gasteiger partial charge in [-0.3, -0.25) is 0 Å². The molecule has 120 valence electrons. The van der Waals surface area contributed by atoms with Crippen LogP contribution in [-0.2, 0) is 12.6 Å². The Balaban J connectivity index is 2.48. The fourth-order valence-electron chi connectivity index (χ4n) is 2.43. The van der Waals surface area contributed by atoms with Gasteiger partial charge >= 0.3 is 6.18 Å². The summed E-state index contributed by atoms with van der Waals surface area (Å²) in [5, 5.41) is 1.01. The number of hydrogen-bond donors (Lipinski definition) is 1. The Labute approximate surface area is 141 Å². The summed E-state index contributed by atoms with van der Waals surface area (Å²) in [6.07, 6.45) is -2.46. The molecule has 1 nitrogen and oxygen atoms in total. The van der Waals surface area contributed by atoms with E-state index in [4.69, 9.17) is 40.5 Å². The van der Waals surface area contributed by atoms with E-state index in [2.05, 4.69) is 0 Å². The van der Waals surface area contributed by atoms with Crippen molar-refractivity contribution in [2.45, 2.75) is 24.9 Å². The molecule has 1 aliphatic carbocycles. The first-order valence-corrected chi connectivity index (χ1v) is 7.68. The van der Waals surface area contributed by atoms with Crippen LogP contribution in [0.5, 0.6) is 0 Å². The molecule has 0 amide bonds. The molecule has 0 saturated carbocycles. The summed E-state index contributed by atoms with van der Waals surface area (Å²) in [4.78, 5) is 0. The smallest absolute Gasteiger partial charge is 0.330 e. The third kappa shape index (κ3) is 3.80. The molecule has 1 aromatic rings. The summed E-state index contributed by atoms with van der Waals surface area (Å²) < 4.78 is 39.7. The van der Waals surface area contributed by atoms with E-state index in [1.807, 2.05) is 0 Å². The Hall–Kier alpha value is -0.680. The first kappa shape index (κ1) is 17.7. The van der Waals surface area contributed by atoms with Gasteiger partial charge in [0.2, 0.25) is 0 Å². The van der Waals surface area contributed by atoms with E-state index in [1.165, 1.54) is 12.1 Å². The van der Waals surface area contributed by atoms with Crippen LogP contribution in [0.3, 0.4) is 0 Å². The molecule has 1 atom stereocenters. The highest BCUT2D eigenvalue weighted by molar-refractivity contribution is 6.42. The molecule has 0 aliphatic heterocycles. The van der Waals surface area contributed by atoms with Crippen molar-refractivity contribution in [2.75, 3.05) is 6.54 Å². The normalized spacial score (nSPS) is 19.4. The second-order valence-corrected chi connectivity index (χ2v) is 6.30. The number of alkyl halides is 3. The van der Waals surface area contributed by atoms with Crippen LogP contribution in [0.15, 0.2) is 39.4 Å². The van der Waals surface area contributed by atoms with Gasteiger partial charge < -0.3 is 5.73 Å². The molecule has 2 N–H and O–H groups in total. The number of rotatable bonds is 3. The lowest BCUT2D eigenvalue weighted by Crippen LogP contribution is -2.14. The first-order valence-electron chi connectivity index (χ1n) is 6.55. The topological polar surface area (TPSA) is 26.0 Å². The number of benzene rings is 1. The van der Waals surface area contributed by atoms with Crippen molar-refractivity contribution in [1.29, 1.82) is 0 Å². The first-order chi connectivity index (χ1) is 10.2. The Morgan fingerprint density at radius 2 is 1.86 bits per heavy atom. The minimum atomic E-state index is -4.45. The van der Waals surface area contributed by atoms with E-state index in [-0.39, 0.29) is 23.6 Å². The van der Waals surface area contributed by atoms with E-state index in [1.54, 1.807) is 6.07 Å². The van der Waals surface area contributed by atoms with Gasteiger partial charge in [-0.25, -0.2) is 0 Å². The standard InChI is InChI=1S/C15H13Cl3F3N/c16-10-6-11(14(18)13(17)7-10)9-2-1-8(3-4-22)12(5-9)15(19,20)21/h1-2,5,7,11H,3-4,6,22H2. The molecule has 22 heavy (non-hydrogen) atoms. The minimum absolute atomic E-state index is 0.146. The molecule has 0 bridgehead atoms. The lowest BCUT2D eigenvalue weighted by atomic mass is 9.89. The van der Waals surface area contributed by atoms with Gasteiger partial charge in [-0.05, 0) is 42.7 Å². The number of nitrogens with two attached hydrogens (primary N) is 1. The summed E-state index contributed by atoms with van der Waals surface area (Å²) in [6, 6.07) is 4.17. The van der Waals surface area contributed by atoms with E-state index in [0.717, 1.165) is 6.07 Å². The zero-order valence-corrected chi connectivity index (χ0v) is 13.6. The largest absolute Gasteiger partial charge is 0.416 e. The van der Waals surface area contributed by atoms with Gasteiger partial charge in [-0.2, -0.15) is 13.2 Å². The molecule has 7 heteroatoms. The van der Waals surface area contributed by atoms with Gasteiger partial charge in [0.05, 0.1) is 10.6 Å². The third-order valence-electron chi connectivity index (χ3n) is 3.47. The minimum Gasteiger partial charge on any atom is -0.330 e. The van der Waals surface area contributed by atoms with E-state index >= 15 is 0 Å². The van der Waals surface area contributed by atoms with Gasteiger partial charge in [0.25, 0.3) is 0 Å². The van der Waals surface area contributed by atoms with Crippen molar-refractivity contribution in [3.8, 4) is 0 Å². The molecule has 0 spiro atoms. The molecule has 0 heterocycles. The van der Waals surface area contributed by atoms with Crippen molar-refractivity contribution in [2.24, 2.45) is 5.73 Å². The quantitative estimate of drug-likeness (QED) is 0.746. The van der Waals surface area contributed by atoms with Crippen LogP contribution in [0.4, 0.5) is 13.2 Å². The van der Waals surface area contributed by atoms with Gasteiger partial charge in [-0.1, -0.05) is 46.9 Å². The number of halogens is 6. The van der Waals surface area contributed by atoms with Crippen LogP contribution in [-0.4, -0.2) is 6.54 Å². The number of allylic oxidation sites excluding steroid dienone is 4. The lowest BCUT2D eigenvalue weighted by Gasteiger charge is -2.23. The maximum atomic E-state index is 13.2. The van der Waals surface area contributed by atoms with Gasteiger partial charge in [0, 0.05) is 16.0 Å². The molecular formula is C15H13Cl3F3N. The molecule has 0 aromatic heterocycles. The zero-order valence-electron chi connectivity index (χ0n) is 11.4. The number of hydrogen-bond acceptors (Lipinski definition) is 1. The van der Waals surface area contributed by atoms with Gasteiger partial charge in [-0.15, -0.1) is 0 Å². The van der Waals surface area contributed by atoms with Crippen LogP contribution in [0.1, 0.15) is 29.0 Å². The molecular weight excluding hydrogens is 358 g/mol. The molecule has 1 aliphatic rings. The van der Waals surface area contributed by atoms with Gasteiger partial charge in [0.15, 0.2) is 0 Å². The second kappa shape index (κ2) is 6.83. The van der Waals surface area contributed by atoms with Crippen molar-refractivity contribution in [3.05, 3.63) is 56.1 Å². The summed E-state index contributed by atoms with van der Waals surface area (Å²) >= 11 is 18.1. The molecule has 1 unspecified atom stereocenters. The Morgan fingerprint density at radius 1 is 1.18 bits per heavy atom. The predicted molar refractivity (Wildman–Crippen MR) is 84.2 cm³/mol. The molecule has 0 radical (unpaired) electrons. The third-order valence-corrected chi connectivity index (χ3v) is 4.61. The Bertz CT molecular complexity index is 635. The second-order valence-electron chi connectivity index (χ2n) is 5.00. The maximum Gasteiger partial charge on any atom is 0.416 e. The lowest BCUT2D eigenvalue weighted by molar-refractivity contribution is -0.138. The van der Waals surface area contributed by atoms with Crippen LogP contribution in [0.2, 0.25) is 0 Å². The van der Waals surface area contributed by atoms with Crippen LogP contribution < -0.4 is 5.73 Å². The van der Waals surface area contributed by atoms with E-state index in [9.17, 15) is 13.2 Å². The Morgan fingerprint density at radius 3 is 2.45 bits per heavy atom. The van der Waals surface area contributed by atoms with Crippen molar-refractivity contribution < 1.29 is 13.2 Å². The summed E-state index contributed by atoms with van der Waals surface area (Å²) in [7, 11) is 0. The molecule has 2 rings (SSSR count). The molecule has 0 saturated heterocycles. The summed E-state index contributed by atoms with van der Waals surface area (Å²) in [5.41, 5.74) is 5.28. The van der Waals surface area contributed by atoms with Crippen molar-refractivity contribution >= 4 is 34.8 Å². The van der Waals surface area contributed by atoms with Gasteiger partial charge in [0.1, 0.15) is 0 Å². The SMILES string of the molecule is NCCc1ccc(C2CC(Cl)=CC(Cl)=C2Cl)cc1C(F)(F)F. The average molecular weight is 371 g/mol. The van der Waals surface area contributed by atoms with E-state index < -0.39 is 17.7 Å². The van der Waals surface area contributed by atoms with Crippen LogP contribution in [0.25, 0.3) is 0 Å². The maximum absolute atomic E-state index is 13.2. The fraction of sp³-hybridized carbons (Fsp3) is 0.333. The van der Waals surface area contributed by atoms with Crippen molar-refractivity contribution in [1.82, 2.24) is 0 Å². The summed E-state index contributed by atoms with van der Waals surface area (Å²) in [5.74, 6) is -0.473. The molecule has 1 aromatic carbocycles. The zero-order chi connectivity index (χ0) is 16.5. The fourth-order valence-corrected chi connectivity index (χ4v) is 3.27. The average Bonchev–Trinajstić information content (AvgIpc) is 2.42. The molecule has 0 fully saturated rings. The van der Waals surface area contributed by atoms with Crippen LogP contribution in [0, 0.1) is 0 Å². The summed E-state index contributed by atoms with van der Waals surface area (Å²) in [6.45, 7) is 0.146. The highest BCUT2D eigenvalue weighted by Crippen LogP contribution is 2.43. The monoisotopic (exact) mass is 369 g/mol. The highest BCUT2D eigenvalue weighted by atomic mass is 35.5. The Kier molecular flexibility index (Phi) is 5.49. The van der Waals surface area contributed by atoms with Crippen molar-refractivity contribution in [3.63, 3.8) is 0 Å².